The molecule has 0 saturated carbocycles. The van der Waals surface area contributed by atoms with Crippen molar-refractivity contribution in [1.82, 2.24) is 4.98 Å². The van der Waals surface area contributed by atoms with Crippen molar-refractivity contribution in [3.8, 4) is 0 Å². The van der Waals surface area contributed by atoms with Crippen molar-refractivity contribution >= 4 is 33.7 Å². The number of hydrogen-bond donors (Lipinski definition) is 1. The van der Waals surface area contributed by atoms with E-state index in [0.717, 1.165) is 0 Å². The Morgan fingerprint density at radius 3 is 2.48 bits per heavy atom. The second-order valence-corrected chi connectivity index (χ2v) is 6.14. The molecule has 2 aromatic heterocycles. The maximum Gasteiger partial charge on any atom is 0.374 e. The summed E-state index contributed by atoms with van der Waals surface area (Å²) in [4.78, 5) is 39.4. The van der Waals surface area contributed by atoms with E-state index < -0.39 is 23.8 Å². The number of nitrogens with one attached hydrogen (secondary N) is 1. The van der Waals surface area contributed by atoms with Gasteiger partial charge in [0.2, 0.25) is 11.5 Å². The Kier molecular flexibility index (Phi) is 5.84. The highest BCUT2D eigenvalue weighted by Crippen LogP contribution is 2.22. The minimum Gasteiger partial charge on any atom is -0.462 e. The van der Waals surface area contributed by atoms with Gasteiger partial charge in [-0.3, -0.25) is 4.79 Å². The lowest BCUT2D eigenvalue weighted by Gasteiger charge is -2.11. The molecule has 134 valence electrons. The fourth-order valence-electron chi connectivity index (χ4n) is 2.41. The number of halogens is 1. The first-order valence-corrected chi connectivity index (χ1v) is 8.42. The molecule has 0 fully saturated rings. The Labute approximate surface area is 152 Å². The number of Topliss-reactive ketones (excluding diaryl/α,β-unsaturated/α-hetero) is 1. The molecule has 0 saturated heterocycles. The second-order valence-electron chi connectivity index (χ2n) is 5.36. The number of aromatic nitrogens is 1. The summed E-state index contributed by atoms with van der Waals surface area (Å²) in [5.74, 6) is -1.72. The van der Waals surface area contributed by atoms with Crippen LogP contribution in [0.3, 0.4) is 0 Å². The predicted octanol–water partition coefficient (Wildman–Crippen LogP) is 3.59. The van der Waals surface area contributed by atoms with Crippen molar-refractivity contribution in [3.63, 3.8) is 0 Å². The Bertz CT molecular complexity index is 819. The molecular formula is C17H18BrNO6. The average molecular weight is 412 g/mol. The molecule has 2 heterocycles. The highest BCUT2D eigenvalue weighted by molar-refractivity contribution is 9.10. The van der Waals surface area contributed by atoms with Gasteiger partial charge in [0, 0.05) is 5.69 Å². The van der Waals surface area contributed by atoms with Crippen molar-refractivity contribution in [1.29, 1.82) is 0 Å². The fourth-order valence-corrected chi connectivity index (χ4v) is 2.71. The van der Waals surface area contributed by atoms with Gasteiger partial charge in [0.25, 0.3) is 0 Å². The minimum atomic E-state index is -1.05. The number of hydrogen-bond acceptors (Lipinski definition) is 6. The van der Waals surface area contributed by atoms with E-state index in [1.54, 1.807) is 26.8 Å². The highest BCUT2D eigenvalue weighted by atomic mass is 79.9. The molecule has 1 unspecified atom stereocenters. The lowest BCUT2D eigenvalue weighted by Crippen LogP contribution is -2.25. The third kappa shape index (κ3) is 4.01. The highest BCUT2D eigenvalue weighted by Gasteiger charge is 2.28. The van der Waals surface area contributed by atoms with Gasteiger partial charge in [0.15, 0.2) is 10.8 Å². The van der Waals surface area contributed by atoms with Crippen LogP contribution in [-0.4, -0.2) is 35.4 Å². The molecule has 0 radical (unpaired) electrons. The molecule has 8 heteroatoms. The first-order valence-electron chi connectivity index (χ1n) is 7.63. The Morgan fingerprint density at radius 2 is 1.92 bits per heavy atom. The zero-order chi connectivity index (χ0) is 18.7. The molecule has 2 aromatic rings. The fraction of sp³-hybridized carbons (Fsp3) is 0.353. The molecule has 0 spiro atoms. The Hall–Kier alpha value is -2.35. The molecule has 0 aliphatic rings. The second kappa shape index (κ2) is 7.69. The molecule has 1 atom stereocenters. The van der Waals surface area contributed by atoms with Crippen LogP contribution >= 0.6 is 15.9 Å². The van der Waals surface area contributed by atoms with Gasteiger partial charge in [-0.15, -0.1) is 0 Å². The SMILES string of the molecule is CCOC(=O)c1c(C)[nH]c(C(=O)C(C)OC(=O)c2ccc(Br)o2)c1C. The molecule has 7 nitrogen and oxygen atoms in total. The summed E-state index contributed by atoms with van der Waals surface area (Å²) in [6.07, 6.45) is -1.05. The zero-order valence-corrected chi connectivity index (χ0v) is 15.9. The van der Waals surface area contributed by atoms with Gasteiger partial charge in [-0.1, -0.05) is 0 Å². The van der Waals surface area contributed by atoms with Crippen LogP contribution in [0.15, 0.2) is 21.2 Å². The maximum absolute atomic E-state index is 12.6. The number of aryl methyl sites for hydroxylation is 1. The molecule has 2 rings (SSSR count). The lowest BCUT2D eigenvalue weighted by molar-refractivity contribution is 0.0286. The molecule has 0 aliphatic carbocycles. The molecule has 0 aromatic carbocycles. The van der Waals surface area contributed by atoms with E-state index in [1.165, 1.54) is 13.0 Å². The van der Waals surface area contributed by atoms with Crippen molar-refractivity contribution in [2.24, 2.45) is 0 Å². The number of carbonyl (C=O) groups excluding carboxylic acids is 3. The van der Waals surface area contributed by atoms with Crippen LogP contribution in [0.1, 0.15) is 56.5 Å². The van der Waals surface area contributed by atoms with E-state index in [0.29, 0.717) is 21.5 Å². The standard InChI is InChI=1S/C17H18BrNO6/c1-5-23-17(22)13-8(2)14(19-9(13)3)15(20)10(4)24-16(21)11-6-7-12(18)25-11/h6-7,10,19H,5H2,1-4H3. The van der Waals surface area contributed by atoms with Crippen molar-refractivity contribution in [3.05, 3.63) is 45.1 Å². The lowest BCUT2D eigenvalue weighted by atomic mass is 10.1. The molecule has 0 bridgehead atoms. The molecule has 1 N–H and O–H groups in total. The van der Waals surface area contributed by atoms with Crippen LogP contribution in [0.4, 0.5) is 0 Å². The Balaban J connectivity index is 2.18. The smallest absolute Gasteiger partial charge is 0.374 e. The molecule has 25 heavy (non-hydrogen) atoms. The van der Waals surface area contributed by atoms with E-state index in [2.05, 4.69) is 20.9 Å². The number of aromatic amines is 1. The number of esters is 2. The summed E-state index contributed by atoms with van der Waals surface area (Å²) >= 11 is 3.09. The number of ether oxygens (including phenoxy) is 2. The van der Waals surface area contributed by atoms with Crippen LogP contribution in [0.5, 0.6) is 0 Å². The predicted molar refractivity (Wildman–Crippen MR) is 91.8 cm³/mol. The van der Waals surface area contributed by atoms with Gasteiger partial charge in [0.05, 0.1) is 17.9 Å². The number of furan rings is 1. The third-order valence-corrected chi connectivity index (χ3v) is 4.02. The van der Waals surface area contributed by atoms with Gasteiger partial charge in [-0.2, -0.15) is 0 Å². The average Bonchev–Trinajstić information content (AvgIpc) is 3.10. The third-order valence-electron chi connectivity index (χ3n) is 3.59. The van der Waals surface area contributed by atoms with Gasteiger partial charge < -0.3 is 18.9 Å². The van der Waals surface area contributed by atoms with Crippen LogP contribution in [0.25, 0.3) is 0 Å². The first kappa shape index (κ1) is 19.0. The number of ketones is 1. The van der Waals surface area contributed by atoms with E-state index >= 15 is 0 Å². The summed E-state index contributed by atoms with van der Waals surface area (Å²) < 4.78 is 15.6. The quantitative estimate of drug-likeness (QED) is 0.575. The largest absolute Gasteiger partial charge is 0.462 e. The van der Waals surface area contributed by atoms with E-state index in [9.17, 15) is 14.4 Å². The monoisotopic (exact) mass is 411 g/mol. The van der Waals surface area contributed by atoms with Crippen LogP contribution in [0, 0.1) is 13.8 Å². The summed E-state index contributed by atoms with van der Waals surface area (Å²) in [5, 5.41) is 0. The van der Waals surface area contributed by atoms with Gasteiger partial charge in [-0.05, 0) is 61.3 Å². The van der Waals surface area contributed by atoms with Crippen LogP contribution in [-0.2, 0) is 9.47 Å². The van der Waals surface area contributed by atoms with Crippen molar-refractivity contribution < 1.29 is 28.3 Å². The van der Waals surface area contributed by atoms with E-state index in [-0.39, 0.29) is 18.1 Å². The normalized spacial score (nSPS) is 11.9. The zero-order valence-electron chi connectivity index (χ0n) is 14.3. The molecule has 0 aliphatic heterocycles. The summed E-state index contributed by atoms with van der Waals surface area (Å²) in [5.41, 5.74) is 1.51. The Morgan fingerprint density at radius 1 is 1.24 bits per heavy atom. The number of rotatable bonds is 6. The van der Waals surface area contributed by atoms with Gasteiger partial charge in [-0.25, -0.2) is 9.59 Å². The minimum absolute atomic E-state index is 0.0156. The van der Waals surface area contributed by atoms with Crippen molar-refractivity contribution in [2.75, 3.05) is 6.61 Å². The summed E-state index contributed by atoms with van der Waals surface area (Å²) in [6, 6.07) is 2.99. The number of carbonyl (C=O) groups is 3. The van der Waals surface area contributed by atoms with E-state index in [1.807, 2.05) is 0 Å². The van der Waals surface area contributed by atoms with E-state index in [4.69, 9.17) is 13.9 Å². The number of H-pyrrole nitrogens is 1. The molecular weight excluding hydrogens is 394 g/mol. The van der Waals surface area contributed by atoms with Gasteiger partial charge in [0.1, 0.15) is 0 Å². The van der Waals surface area contributed by atoms with Crippen LogP contribution < -0.4 is 0 Å². The molecule has 0 amide bonds. The van der Waals surface area contributed by atoms with Gasteiger partial charge >= 0.3 is 11.9 Å². The summed E-state index contributed by atoms with van der Waals surface area (Å²) in [7, 11) is 0. The maximum atomic E-state index is 12.6. The van der Waals surface area contributed by atoms with Crippen LogP contribution in [0.2, 0.25) is 0 Å². The summed E-state index contributed by atoms with van der Waals surface area (Å²) in [6.45, 7) is 6.71. The first-order chi connectivity index (χ1) is 11.8. The van der Waals surface area contributed by atoms with Crippen molar-refractivity contribution in [2.45, 2.75) is 33.8 Å². The topological polar surface area (TPSA) is 98.6 Å².